The number of benzene rings is 1. The van der Waals surface area contributed by atoms with Crippen molar-refractivity contribution >= 4 is 5.78 Å². The third-order valence-corrected chi connectivity index (χ3v) is 2.66. The Bertz CT molecular complexity index is 327. The lowest BCUT2D eigenvalue weighted by molar-refractivity contribution is -0.130. The van der Waals surface area contributed by atoms with Crippen molar-refractivity contribution in [2.75, 3.05) is 6.61 Å². The number of ketones is 1. The van der Waals surface area contributed by atoms with Crippen LogP contribution in [0.1, 0.15) is 44.4 Å². The molecule has 2 nitrogen and oxygen atoms in total. The molecule has 0 aliphatic rings. The van der Waals surface area contributed by atoms with Gasteiger partial charge < -0.3 is 4.74 Å². The quantitative estimate of drug-likeness (QED) is 0.735. The third-order valence-electron chi connectivity index (χ3n) is 2.66. The van der Waals surface area contributed by atoms with E-state index < -0.39 is 0 Å². The first-order valence-corrected chi connectivity index (χ1v) is 5.96. The summed E-state index contributed by atoms with van der Waals surface area (Å²) >= 11 is 0. The maximum atomic E-state index is 11.7. The molecule has 0 aromatic heterocycles. The highest BCUT2D eigenvalue weighted by Crippen LogP contribution is 2.20. The van der Waals surface area contributed by atoms with Crippen molar-refractivity contribution < 1.29 is 9.53 Å². The van der Waals surface area contributed by atoms with E-state index in [2.05, 4.69) is 19.1 Å². The first-order valence-electron chi connectivity index (χ1n) is 5.96. The van der Waals surface area contributed by atoms with E-state index >= 15 is 0 Å². The Morgan fingerprint density at radius 2 is 1.81 bits per heavy atom. The van der Waals surface area contributed by atoms with Crippen molar-refractivity contribution in [3.8, 4) is 0 Å². The lowest BCUT2D eigenvalue weighted by atomic mass is 10.0. The summed E-state index contributed by atoms with van der Waals surface area (Å²) in [6, 6.07) is 8.11. The second kappa shape index (κ2) is 6.44. The molecule has 1 rings (SSSR count). The van der Waals surface area contributed by atoms with Crippen LogP contribution in [-0.4, -0.2) is 12.4 Å². The molecule has 0 saturated heterocycles. The van der Waals surface area contributed by atoms with Crippen LogP contribution in [0.3, 0.4) is 0 Å². The van der Waals surface area contributed by atoms with E-state index in [9.17, 15) is 4.79 Å². The zero-order valence-electron chi connectivity index (χ0n) is 10.3. The minimum Gasteiger partial charge on any atom is -0.366 e. The fraction of sp³-hybridized carbons (Fsp3) is 0.500. The van der Waals surface area contributed by atoms with Gasteiger partial charge in [0.2, 0.25) is 0 Å². The maximum Gasteiger partial charge on any atom is 0.165 e. The topological polar surface area (TPSA) is 26.3 Å². The summed E-state index contributed by atoms with van der Waals surface area (Å²) in [5.41, 5.74) is 2.24. The van der Waals surface area contributed by atoms with Crippen molar-refractivity contribution in [3.63, 3.8) is 0 Å². The third kappa shape index (κ3) is 3.17. The average Bonchev–Trinajstić information content (AvgIpc) is 2.35. The molecule has 1 atom stereocenters. The first kappa shape index (κ1) is 12.9. The Labute approximate surface area is 97.6 Å². The van der Waals surface area contributed by atoms with Gasteiger partial charge in [-0.3, -0.25) is 4.79 Å². The zero-order chi connectivity index (χ0) is 12.0. The Morgan fingerprint density at radius 3 is 2.25 bits per heavy atom. The molecule has 2 heteroatoms. The SMILES string of the molecule is CCOC(C(=O)CC)c1ccc(CC)cc1. The molecule has 1 aromatic carbocycles. The highest BCUT2D eigenvalue weighted by atomic mass is 16.5. The van der Waals surface area contributed by atoms with Crippen molar-refractivity contribution in [1.82, 2.24) is 0 Å². The standard InChI is InChI=1S/C14H20O2/c1-4-11-7-9-12(10-8-11)14(16-6-3)13(15)5-2/h7-10,14H,4-6H2,1-3H3. The van der Waals surface area contributed by atoms with Crippen LogP contribution in [0.4, 0.5) is 0 Å². The lowest BCUT2D eigenvalue weighted by Gasteiger charge is -2.15. The van der Waals surface area contributed by atoms with Crippen LogP contribution in [-0.2, 0) is 16.0 Å². The van der Waals surface area contributed by atoms with Crippen LogP contribution in [0.25, 0.3) is 0 Å². The predicted molar refractivity (Wildman–Crippen MR) is 65.5 cm³/mol. The summed E-state index contributed by atoms with van der Waals surface area (Å²) in [5.74, 6) is 0.145. The van der Waals surface area contributed by atoms with Crippen molar-refractivity contribution in [1.29, 1.82) is 0 Å². The number of hydrogen-bond donors (Lipinski definition) is 0. The second-order valence-corrected chi connectivity index (χ2v) is 3.75. The number of Topliss-reactive ketones (excluding diaryl/α,β-unsaturated/α-hetero) is 1. The molecule has 0 radical (unpaired) electrons. The van der Waals surface area contributed by atoms with Crippen LogP contribution in [0.15, 0.2) is 24.3 Å². The van der Waals surface area contributed by atoms with Gasteiger partial charge in [0, 0.05) is 13.0 Å². The molecule has 0 aliphatic carbocycles. The van der Waals surface area contributed by atoms with Crippen LogP contribution in [0, 0.1) is 0 Å². The second-order valence-electron chi connectivity index (χ2n) is 3.75. The van der Waals surface area contributed by atoms with Gasteiger partial charge in [-0.2, -0.15) is 0 Å². The number of carbonyl (C=O) groups excluding carboxylic acids is 1. The van der Waals surface area contributed by atoms with Gasteiger partial charge in [-0.1, -0.05) is 38.1 Å². The van der Waals surface area contributed by atoms with E-state index in [4.69, 9.17) is 4.74 Å². The lowest BCUT2D eigenvalue weighted by Crippen LogP contribution is -2.15. The molecule has 1 aromatic rings. The van der Waals surface area contributed by atoms with Gasteiger partial charge in [0.1, 0.15) is 6.10 Å². The molecule has 0 spiro atoms. The molecular formula is C14H20O2. The van der Waals surface area contributed by atoms with E-state index in [-0.39, 0.29) is 11.9 Å². The van der Waals surface area contributed by atoms with Gasteiger partial charge in [-0.05, 0) is 24.5 Å². The largest absolute Gasteiger partial charge is 0.366 e. The predicted octanol–water partition coefficient (Wildman–Crippen LogP) is 3.31. The van der Waals surface area contributed by atoms with Gasteiger partial charge >= 0.3 is 0 Å². The molecule has 0 aliphatic heterocycles. The highest BCUT2D eigenvalue weighted by Gasteiger charge is 2.18. The zero-order valence-corrected chi connectivity index (χ0v) is 10.3. The normalized spacial score (nSPS) is 12.4. The Balaban J connectivity index is 2.87. The number of hydrogen-bond acceptors (Lipinski definition) is 2. The van der Waals surface area contributed by atoms with E-state index in [0.717, 1.165) is 12.0 Å². The monoisotopic (exact) mass is 220 g/mol. The molecule has 16 heavy (non-hydrogen) atoms. The summed E-state index contributed by atoms with van der Waals surface area (Å²) in [4.78, 5) is 11.7. The number of ether oxygens (including phenoxy) is 1. The molecule has 88 valence electrons. The molecule has 0 heterocycles. The van der Waals surface area contributed by atoms with Gasteiger partial charge in [-0.15, -0.1) is 0 Å². The van der Waals surface area contributed by atoms with Crippen LogP contribution in [0.5, 0.6) is 0 Å². The van der Waals surface area contributed by atoms with E-state index in [0.29, 0.717) is 13.0 Å². The minimum absolute atomic E-state index is 0.145. The van der Waals surface area contributed by atoms with Crippen molar-refractivity contribution in [2.24, 2.45) is 0 Å². The fourth-order valence-corrected chi connectivity index (χ4v) is 1.66. The molecule has 1 unspecified atom stereocenters. The summed E-state index contributed by atoms with van der Waals surface area (Å²) in [6.07, 6.45) is 1.14. The Morgan fingerprint density at radius 1 is 1.19 bits per heavy atom. The molecular weight excluding hydrogens is 200 g/mol. The highest BCUT2D eigenvalue weighted by molar-refractivity contribution is 5.84. The van der Waals surface area contributed by atoms with Gasteiger partial charge in [-0.25, -0.2) is 0 Å². The van der Waals surface area contributed by atoms with Gasteiger partial charge in [0.25, 0.3) is 0 Å². The van der Waals surface area contributed by atoms with Gasteiger partial charge in [0.15, 0.2) is 5.78 Å². The number of carbonyl (C=O) groups is 1. The maximum absolute atomic E-state index is 11.7. The van der Waals surface area contributed by atoms with Gasteiger partial charge in [0.05, 0.1) is 0 Å². The Kier molecular flexibility index (Phi) is 5.20. The fourth-order valence-electron chi connectivity index (χ4n) is 1.66. The summed E-state index contributed by atoms with van der Waals surface area (Å²) < 4.78 is 5.50. The van der Waals surface area contributed by atoms with E-state index in [1.807, 2.05) is 26.0 Å². The summed E-state index contributed by atoms with van der Waals surface area (Å²) in [6.45, 7) is 6.46. The van der Waals surface area contributed by atoms with Crippen LogP contribution in [0.2, 0.25) is 0 Å². The van der Waals surface area contributed by atoms with Crippen LogP contribution >= 0.6 is 0 Å². The Hall–Kier alpha value is -1.15. The van der Waals surface area contributed by atoms with E-state index in [1.165, 1.54) is 5.56 Å². The number of aryl methyl sites for hydroxylation is 1. The van der Waals surface area contributed by atoms with Crippen LogP contribution < -0.4 is 0 Å². The molecule has 0 N–H and O–H groups in total. The molecule has 0 bridgehead atoms. The molecule has 0 fully saturated rings. The summed E-state index contributed by atoms with van der Waals surface area (Å²) in [7, 11) is 0. The van der Waals surface area contributed by atoms with Crippen molar-refractivity contribution in [2.45, 2.75) is 39.7 Å². The number of rotatable bonds is 6. The van der Waals surface area contributed by atoms with Crippen molar-refractivity contribution in [3.05, 3.63) is 35.4 Å². The molecule has 0 amide bonds. The molecule has 0 saturated carbocycles. The van der Waals surface area contributed by atoms with E-state index in [1.54, 1.807) is 0 Å². The smallest absolute Gasteiger partial charge is 0.165 e. The average molecular weight is 220 g/mol. The first-order chi connectivity index (χ1) is 7.72. The minimum atomic E-state index is -0.388. The summed E-state index contributed by atoms with van der Waals surface area (Å²) in [5, 5.41) is 0.